The second-order valence-corrected chi connectivity index (χ2v) is 5.24. The van der Waals surface area contributed by atoms with Crippen LogP contribution in [-0.4, -0.2) is 36.9 Å². The molecule has 20 heavy (non-hydrogen) atoms. The summed E-state index contributed by atoms with van der Waals surface area (Å²) in [6.45, 7) is 3.35. The molecule has 1 saturated heterocycles. The van der Waals surface area contributed by atoms with Crippen LogP contribution in [-0.2, 0) is 4.74 Å². The zero-order valence-corrected chi connectivity index (χ0v) is 12.2. The number of benzene rings is 1. The van der Waals surface area contributed by atoms with Gasteiger partial charge in [0.25, 0.3) is 0 Å². The van der Waals surface area contributed by atoms with Gasteiger partial charge in [-0.25, -0.2) is 4.79 Å². The Labute approximate surface area is 123 Å². The Kier molecular flexibility index (Phi) is 4.73. The van der Waals surface area contributed by atoms with Gasteiger partial charge in [0.2, 0.25) is 0 Å². The van der Waals surface area contributed by atoms with Gasteiger partial charge in [0.1, 0.15) is 0 Å². The van der Waals surface area contributed by atoms with Crippen molar-refractivity contribution in [2.24, 2.45) is 0 Å². The minimum absolute atomic E-state index is 0.287. The highest BCUT2D eigenvalue weighted by Crippen LogP contribution is 2.34. The largest absolute Gasteiger partial charge is 0.462 e. The predicted octanol–water partition coefficient (Wildman–Crippen LogP) is 2.06. The van der Waals surface area contributed by atoms with Crippen LogP contribution >= 0.6 is 11.6 Å². The third kappa shape index (κ3) is 3.16. The molecule has 0 spiro atoms. The van der Waals surface area contributed by atoms with Crippen LogP contribution in [0.25, 0.3) is 0 Å². The molecule has 110 valence electrons. The van der Waals surface area contributed by atoms with Gasteiger partial charge in [-0.2, -0.15) is 0 Å². The number of halogens is 1. The molecule has 1 aliphatic heterocycles. The van der Waals surface area contributed by atoms with E-state index in [4.69, 9.17) is 22.1 Å². The first-order valence-electron chi connectivity index (χ1n) is 6.72. The van der Waals surface area contributed by atoms with Crippen molar-refractivity contribution >= 4 is 28.9 Å². The number of nitrogens with two attached hydrogens (primary N) is 1. The number of nitrogen functional groups attached to an aromatic ring is 1. The fourth-order valence-electron chi connectivity index (χ4n) is 2.40. The number of esters is 1. The lowest BCUT2D eigenvalue weighted by molar-refractivity contribution is 0.0527. The smallest absolute Gasteiger partial charge is 0.340 e. The van der Waals surface area contributed by atoms with E-state index in [1.807, 2.05) is 4.90 Å². The number of carbonyl (C=O) groups is 1. The molecule has 1 fully saturated rings. The Bertz CT molecular complexity index is 499. The average Bonchev–Trinajstić information content (AvgIpc) is 2.39. The number of anilines is 2. The molecule has 2 rings (SSSR count). The quantitative estimate of drug-likeness (QED) is 0.660. The summed E-state index contributed by atoms with van der Waals surface area (Å²) in [7, 11) is 0. The molecule has 0 aromatic heterocycles. The summed E-state index contributed by atoms with van der Waals surface area (Å²) in [5.41, 5.74) is 7.22. The third-order valence-electron chi connectivity index (χ3n) is 3.36. The second kappa shape index (κ2) is 6.33. The summed E-state index contributed by atoms with van der Waals surface area (Å²) in [5.74, 6) is -0.428. The fourth-order valence-corrected chi connectivity index (χ4v) is 2.74. The highest BCUT2D eigenvalue weighted by atomic mass is 35.5. The molecule has 0 unspecified atom stereocenters. The van der Waals surface area contributed by atoms with Gasteiger partial charge < -0.3 is 20.5 Å². The molecular weight excluding hydrogens is 280 g/mol. The van der Waals surface area contributed by atoms with Gasteiger partial charge in [-0.05, 0) is 31.9 Å². The molecule has 1 aliphatic rings. The first-order chi connectivity index (χ1) is 9.52. The lowest BCUT2D eigenvalue weighted by Crippen LogP contribution is -2.37. The summed E-state index contributed by atoms with van der Waals surface area (Å²) in [4.78, 5) is 14.1. The maximum Gasteiger partial charge on any atom is 0.340 e. The molecule has 6 heteroatoms. The van der Waals surface area contributed by atoms with Crippen molar-refractivity contribution in [1.82, 2.24) is 0 Å². The maximum absolute atomic E-state index is 12.1. The van der Waals surface area contributed by atoms with Crippen molar-refractivity contribution in [3.63, 3.8) is 0 Å². The molecule has 0 radical (unpaired) electrons. The van der Waals surface area contributed by atoms with E-state index in [-0.39, 0.29) is 6.10 Å². The molecule has 0 atom stereocenters. The van der Waals surface area contributed by atoms with Crippen LogP contribution in [0.2, 0.25) is 5.02 Å². The summed E-state index contributed by atoms with van der Waals surface area (Å²) in [6, 6.07) is 3.22. The molecule has 1 aromatic rings. The number of nitrogens with zero attached hydrogens (tertiary/aromatic N) is 1. The van der Waals surface area contributed by atoms with Crippen molar-refractivity contribution in [1.29, 1.82) is 0 Å². The first kappa shape index (κ1) is 14.9. The van der Waals surface area contributed by atoms with E-state index in [1.165, 1.54) is 0 Å². The highest BCUT2D eigenvalue weighted by molar-refractivity contribution is 6.34. The highest BCUT2D eigenvalue weighted by Gasteiger charge is 2.25. The Hall–Kier alpha value is -1.46. The predicted molar refractivity (Wildman–Crippen MR) is 79.3 cm³/mol. The Morgan fingerprint density at radius 3 is 2.75 bits per heavy atom. The molecular formula is C14H19ClN2O3. The van der Waals surface area contributed by atoms with Crippen molar-refractivity contribution in [2.45, 2.75) is 25.9 Å². The second-order valence-electron chi connectivity index (χ2n) is 4.84. The zero-order valence-electron chi connectivity index (χ0n) is 11.4. The fraction of sp³-hybridized carbons (Fsp3) is 0.500. The van der Waals surface area contributed by atoms with Crippen LogP contribution in [0.1, 0.15) is 30.1 Å². The number of carbonyl (C=O) groups excluding carboxylic acids is 1. The van der Waals surface area contributed by atoms with E-state index in [2.05, 4.69) is 0 Å². The number of aliphatic hydroxyl groups excluding tert-OH is 1. The first-order valence-corrected chi connectivity index (χ1v) is 7.10. The monoisotopic (exact) mass is 298 g/mol. The Balaban J connectivity index is 2.37. The third-order valence-corrected chi connectivity index (χ3v) is 3.65. The van der Waals surface area contributed by atoms with E-state index in [0.29, 0.717) is 54.5 Å². The van der Waals surface area contributed by atoms with Crippen LogP contribution in [0.4, 0.5) is 11.4 Å². The lowest BCUT2D eigenvalue weighted by Gasteiger charge is -2.33. The molecule has 0 bridgehead atoms. The van der Waals surface area contributed by atoms with E-state index in [0.717, 1.165) is 0 Å². The number of hydrogen-bond acceptors (Lipinski definition) is 5. The van der Waals surface area contributed by atoms with Gasteiger partial charge in [-0.15, -0.1) is 0 Å². The summed E-state index contributed by atoms with van der Waals surface area (Å²) >= 11 is 6.26. The van der Waals surface area contributed by atoms with E-state index in [9.17, 15) is 9.90 Å². The lowest BCUT2D eigenvalue weighted by atomic mass is 10.0. The minimum Gasteiger partial charge on any atom is -0.462 e. The Morgan fingerprint density at radius 1 is 1.50 bits per heavy atom. The topological polar surface area (TPSA) is 75.8 Å². The van der Waals surface area contributed by atoms with Crippen LogP contribution in [0.3, 0.4) is 0 Å². The summed E-state index contributed by atoms with van der Waals surface area (Å²) in [6.07, 6.45) is 1.02. The number of piperidine rings is 1. The van der Waals surface area contributed by atoms with Gasteiger partial charge >= 0.3 is 5.97 Å². The minimum atomic E-state index is -0.428. The van der Waals surface area contributed by atoms with E-state index < -0.39 is 5.97 Å². The Morgan fingerprint density at radius 2 is 2.15 bits per heavy atom. The van der Waals surface area contributed by atoms with Crippen molar-refractivity contribution in [2.75, 3.05) is 30.3 Å². The van der Waals surface area contributed by atoms with Crippen LogP contribution < -0.4 is 10.6 Å². The normalized spacial score (nSPS) is 16.2. The molecule has 0 saturated carbocycles. The zero-order chi connectivity index (χ0) is 14.7. The molecule has 3 N–H and O–H groups in total. The number of hydrogen-bond donors (Lipinski definition) is 2. The summed E-state index contributed by atoms with van der Waals surface area (Å²) < 4.78 is 5.06. The molecule has 1 heterocycles. The van der Waals surface area contributed by atoms with E-state index in [1.54, 1.807) is 19.1 Å². The van der Waals surface area contributed by atoms with Gasteiger partial charge in [0.05, 0.1) is 29.0 Å². The number of aliphatic hydroxyl groups is 1. The van der Waals surface area contributed by atoms with Crippen molar-refractivity contribution in [3.8, 4) is 0 Å². The maximum atomic E-state index is 12.1. The van der Waals surface area contributed by atoms with Crippen molar-refractivity contribution in [3.05, 3.63) is 22.7 Å². The number of rotatable bonds is 3. The van der Waals surface area contributed by atoms with Gasteiger partial charge in [0.15, 0.2) is 0 Å². The molecule has 0 amide bonds. The van der Waals surface area contributed by atoms with Crippen LogP contribution in [0, 0.1) is 0 Å². The van der Waals surface area contributed by atoms with E-state index >= 15 is 0 Å². The van der Waals surface area contributed by atoms with Crippen LogP contribution in [0.5, 0.6) is 0 Å². The van der Waals surface area contributed by atoms with Gasteiger partial charge in [0, 0.05) is 18.8 Å². The molecule has 1 aromatic carbocycles. The molecule has 0 aliphatic carbocycles. The van der Waals surface area contributed by atoms with Crippen LogP contribution in [0.15, 0.2) is 12.1 Å². The van der Waals surface area contributed by atoms with Crippen molar-refractivity contribution < 1.29 is 14.6 Å². The average molecular weight is 299 g/mol. The SMILES string of the molecule is CCOC(=O)c1cc(N)cc(Cl)c1N1CCC(O)CC1. The summed E-state index contributed by atoms with van der Waals surface area (Å²) in [5, 5.41) is 10.0. The molecule has 5 nitrogen and oxygen atoms in total. The van der Waals surface area contributed by atoms with Gasteiger partial charge in [-0.3, -0.25) is 0 Å². The number of ether oxygens (including phenoxy) is 1. The van der Waals surface area contributed by atoms with Gasteiger partial charge in [-0.1, -0.05) is 11.6 Å². The standard InChI is InChI=1S/C14H19ClN2O3/c1-2-20-14(19)11-7-9(16)8-12(15)13(11)17-5-3-10(18)4-6-17/h7-8,10,18H,2-6,16H2,1H3.